The molecule has 2 aromatic rings. The summed E-state index contributed by atoms with van der Waals surface area (Å²) in [6.07, 6.45) is 1.60. The molecule has 5 nitrogen and oxygen atoms in total. The van der Waals surface area contributed by atoms with Crippen molar-refractivity contribution >= 4 is 22.7 Å². The number of aromatic nitrogens is 1. The molecular formula is C15H15FN4OS. The molecule has 4 N–H and O–H groups in total. The summed E-state index contributed by atoms with van der Waals surface area (Å²) in [7, 11) is 0. The van der Waals surface area contributed by atoms with E-state index in [9.17, 15) is 8.94 Å². The number of amidine groups is 1. The fourth-order valence-corrected chi connectivity index (χ4v) is 4.03. The molecule has 3 rings (SSSR count). The second kappa shape index (κ2) is 5.94. The highest BCUT2D eigenvalue weighted by molar-refractivity contribution is 7.92. The van der Waals surface area contributed by atoms with E-state index in [1.54, 1.807) is 24.4 Å². The molecule has 7 heteroatoms. The van der Waals surface area contributed by atoms with Gasteiger partial charge in [-0.05, 0) is 41.5 Å². The zero-order chi connectivity index (χ0) is 15.7. The normalized spacial score (nSPS) is 24.8. The van der Waals surface area contributed by atoms with Gasteiger partial charge in [0.2, 0.25) is 5.25 Å². The summed E-state index contributed by atoms with van der Waals surface area (Å²) in [6, 6.07) is 9.02. The van der Waals surface area contributed by atoms with Crippen molar-refractivity contribution in [3.63, 3.8) is 0 Å². The van der Waals surface area contributed by atoms with Crippen molar-refractivity contribution in [1.29, 1.82) is 5.41 Å². The summed E-state index contributed by atoms with van der Waals surface area (Å²) < 4.78 is 26.5. The monoisotopic (exact) mass is 318 g/mol. The average molecular weight is 318 g/mol. The summed E-state index contributed by atoms with van der Waals surface area (Å²) >= 11 is -1.36. The van der Waals surface area contributed by atoms with Gasteiger partial charge < -0.3 is 15.6 Å². The maximum absolute atomic E-state index is 14.0. The molecule has 1 fully saturated rings. The first-order valence-corrected chi connectivity index (χ1v) is 8.12. The molecule has 1 aliphatic heterocycles. The van der Waals surface area contributed by atoms with Gasteiger partial charge >= 0.3 is 0 Å². The Hall–Kier alpha value is -2.12. The van der Waals surface area contributed by atoms with E-state index in [0.717, 1.165) is 0 Å². The van der Waals surface area contributed by atoms with Gasteiger partial charge in [-0.25, -0.2) is 4.39 Å². The molecule has 2 heterocycles. The maximum Gasteiger partial charge on any atom is 0.213 e. The van der Waals surface area contributed by atoms with Gasteiger partial charge in [-0.15, -0.1) is 0 Å². The molecule has 3 unspecified atom stereocenters. The van der Waals surface area contributed by atoms with Crippen LogP contribution in [-0.2, 0) is 11.2 Å². The molecule has 0 bridgehead atoms. The number of nitrogen functional groups attached to an aromatic ring is 1. The molecule has 0 saturated carbocycles. The Morgan fingerprint density at radius 1 is 1.36 bits per heavy atom. The molecule has 0 radical (unpaired) electrons. The van der Waals surface area contributed by atoms with Crippen molar-refractivity contribution in [2.75, 3.05) is 11.5 Å². The third-order valence-electron chi connectivity index (χ3n) is 3.54. The molecule has 22 heavy (non-hydrogen) atoms. The highest BCUT2D eigenvalue weighted by Crippen LogP contribution is 2.32. The van der Waals surface area contributed by atoms with Crippen LogP contribution in [0.5, 0.6) is 0 Å². The summed E-state index contributed by atoms with van der Waals surface area (Å²) in [6.45, 7) is 0. The highest BCUT2D eigenvalue weighted by Gasteiger charge is 2.39. The van der Waals surface area contributed by atoms with Crippen LogP contribution in [-0.4, -0.2) is 21.1 Å². The standard InChI is InChI=1S/C15H15FN4OS/c16-11-5-4-9(17)7-10(11)13-8-22(21)14(15(18)20-13)12-3-1-2-6-19-12/h1-7,13-14H,8,17H2,(H2,18,20). The van der Waals surface area contributed by atoms with Gasteiger partial charge in [0.05, 0.1) is 0 Å². The number of nitrogens with one attached hydrogen (secondary N) is 2. The van der Waals surface area contributed by atoms with Gasteiger partial charge in [-0.2, -0.15) is 0 Å². The number of benzene rings is 1. The number of halogens is 1. The summed E-state index contributed by atoms with van der Waals surface area (Å²) in [4.78, 5) is 4.16. The van der Waals surface area contributed by atoms with Crippen LogP contribution in [0.3, 0.4) is 0 Å². The number of hydrogen-bond donors (Lipinski definition) is 3. The van der Waals surface area contributed by atoms with Crippen LogP contribution in [0.2, 0.25) is 0 Å². The lowest BCUT2D eigenvalue weighted by molar-refractivity contribution is 0.544. The second-order valence-corrected chi connectivity index (χ2v) is 6.64. The zero-order valence-corrected chi connectivity index (χ0v) is 12.4. The second-order valence-electron chi connectivity index (χ2n) is 5.07. The minimum atomic E-state index is -1.36. The van der Waals surface area contributed by atoms with Crippen LogP contribution in [0.1, 0.15) is 22.5 Å². The molecule has 0 spiro atoms. The largest absolute Gasteiger partial charge is 0.615 e. The zero-order valence-electron chi connectivity index (χ0n) is 11.6. The lowest BCUT2D eigenvalue weighted by Crippen LogP contribution is -2.46. The van der Waals surface area contributed by atoms with E-state index >= 15 is 0 Å². The van der Waals surface area contributed by atoms with Gasteiger partial charge in [0.1, 0.15) is 23.3 Å². The molecule has 3 atom stereocenters. The van der Waals surface area contributed by atoms with Crippen LogP contribution in [0.4, 0.5) is 10.1 Å². The highest BCUT2D eigenvalue weighted by atomic mass is 32.2. The Balaban J connectivity index is 1.87. The first kappa shape index (κ1) is 14.8. The van der Waals surface area contributed by atoms with Crippen molar-refractivity contribution < 1.29 is 8.94 Å². The summed E-state index contributed by atoms with van der Waals surface area (Å²) in [5, 5.41) is 10.4. The number of nitrogens with two attached hydrogens (primary N) is 1. The van der Waals surface area contributed by atoms with Crippen molar-refractivity contribution in [3.8, 4) is 0 Å². The third-order valence-corrected chi connectivity index (χ3v) is 5.20. The molecular weight excluding hydrogens is 303 g/mol. The van der Waals surface area contributed by atoms with Gasteiger partial charge in [0.15, 0.2) is 5.84 Å². The number of nitrogens with zero attached hydrogens (tertiary/aromatic N) is 1. The Kier molecular flexibility index (Phi) is 4.00. The minimum absolute atomic E-state index is 0.0788. The van der Waals surface area contributed by atoms with Crippen LogP contribution in [0.15, 0.2) is 42.6 Å². The van der Waals surface area contributed by atoms with Crippen molar-refractivity contribution in [2.24, 2.45) is 0 Å². The van der Waals surface area contributed by atoms with Crippen LogP contribution >= 0.6 is 0 Å². The van der Waals surface area contributed by atoms with E-state index in [-0.39, 0.29) is 11.6 Å². The molecule has 1 aromatic carbocycles. The first-order chi connectivity index (χ1) is 10.6. The van der Waals surface area contributed by atoms with Crippen molar-refractivity contribution in [2.45, 2.75) is 11.3 Å². The van der Waals surface area contributed by atoms with E-state index < -0.39 is 28.3 Å². The number of rotatable bonds is 2. The van der Waals surface area contributed by atoms with Crippen molar-refractivity contribution in [3.05, 3.63) is 59.7 Å². The summed E-state index contributed by atoms with van der Waals surface area (Å²) in [5.74, 6) is -0.146. The lowest BCUT2D eigenvalue weighted by Gasteiger charge is -2.33. The van der Waals surface area contributed by atoms with E-state index in [1.807, 2.05) is 0 Å². The molecule has 0 amide bonds. The predicted molar refractivity (Wildman–Crippen MR) is 84.4 cm³/mol. The van der Waals surface area contributed by atoms with Gasteiger partial charge in [0.25, 0.3) is 0 Å². The van der Waals surface area contributed by atoms with E-state index in [0.29, 0.717) is 16.9 Å². The van der Waals surface area contributed by atoms with Crippen LogP contribution in [0.25, 0.3) is 0 Å². The van der Waals surface area contributed by atoms with Crippen LogP contribution < -0.4 is 11.1 Å². The molecule has 1 saturated heterocycles. The fraction of sp³-hybridized carbons (Fsp3) is 0.200. The van der Waals surface area contributed by atoms with Crippen LogP contribution in [0, 0.1) is 11.2 Å². The van der Waals surface area contributed by atoms with Gasteiger partial charge in [-0.1, -0.05) is 6.07 Å². The Morgan fingerprint density at radius 2 is 2.18 bits per heavy atom. The topological polar surface area (TPSA) is 97.9 Å². The molecule has 0 aliphatic carbocycles. The number of pyridine rings is 1. The molecule has 1 aliphatic rings. The quantitative estimate of drug-likeness (QED) is 0.582. The smallest absolute Gasteiger partial charge is 0.213 e. The number of hydrogen-bond acceptors (Lipinski definition) is 4. The Labute approximate surface area is 130 Å². The lowest BCUT2D eigenvalue weighted by atomic mass is 10.1. The van der Waals surface area contributed by atoms with Crippen molar-refractivity contribution in [1.82, 2.24) is 10.3 Å². The van der Waals surface area contributed by atoms with E-state index in [1.165, 1.54) is 18.2 Å². The fourth-order valence-electron chi connectivity index (χ4n) is 2.51. The maximum atomic E-state index is 14.0. The predicted octanol–water partition coefficient (Wildman–Crippen LogP) is 1.91. The third kappa shape index (κ3) is 2.77. The van der Waals surface area contributed by atoms with Gasteiger partial charge in [0, 0.05) is 17.4 Å². The molecule has 1 aromatic heterocycles. The summed E-state index contributed by atoms with van der Waals surface area (Å²) in [5.41, 5.74) is 7.03. The SMILES string of the molecule is N=C1NC(c2cc(N)ccc2F)C[S+]([O-])C1c1ccccn1. The Morgan fingerprint density at radius 3 is 2.86 bits per heavy atom. The first-order valence-electron chi connectivity index (χ1n) is 6.74. The van der Waals surface area contributed by atoms with E-state index in [2.05, 4.69) is 10.3 Å². The Bertz CT molecular complexity index is 697. The number of anilines is 1. The molecule has 114 valence electrons. The minimum Gasteiger partial charge on any atom is -0.615 e. The van der Waals surface area contributed by atoms with E-state index in [4.69, 9.17) is 11.1 Å². The average Bonchev–Trinajstić information content (AvgIpc) is 2.50. The van der Waals surface area contributed by atoms with Gasteiger partial charge in [-0.3, -0.25) is 10.4 Å².